The van der Waals surface area contributed by atoms with Gasteiger partial charge in [-0.3, -0.25) is 19.9 Å². The maximum atomic E-state index is 12.5. The van der Waals surface area contributed by atoms with Crippen LogP contribution >= 0.6 is 0 Å². The fraction of sp³-hybridized carbons (Fsp3) is 0.333. The molecule has 0 radical (unpaired) electrons. The number of amides is 1. The van der Waals surface area contributed by atoms with Crippen molar-refractivity contribution in [2.45, 2.75) is 39.0 Å². The van der Waals surface area contributed by atoms with Crippen LogP contribution in [0.5, 0.6) is 0 Å². The molecule has 2 unspecified atom stereocenters. The van der Waals surface area contributed by atoms with Gasteiger partial charge in [0.2, 0.25) is 0 Å². The Balaban J connectivity index is 1.07. The first kappa shape index (κ1) is 26.0. The summed E-state index contributed by atoms with van der Waals surface area (Å²) in [6.07, 6.45) is 20.2. The molecule has 4 heterocycles. The largest absolute Gasteiger partial charge is 0.371 e. The molecule has 0 spiro atoms. The second-order valence-electron chi connectivity index (χ2n) is 10.9. The van der Waals surface area contributed by atoms with E-state index in [2.05, 4.69) is 68.9 Å². The number of H-pyrrole nitrogens is 1. The smallest absolute Gasteiger partial charge is 0.274 e. The van der Waals surface area contributed by atoms with Gasteiger partial charge in [0.25, 0.3) is 5.91 Å². The molecule has 1 aromatic carbocycles. The van der Waals surface area contributed by atoms with Crippen molar-refractivity contribution < 1.29 is 4.79 Å². The minimum absolute atomic E-state index is 0.190. The highest BCUT2D eigenvalue weighted by Crippen LogP contribution is 2.39. The molecule has 6 rings (SSSR count). The Morgan fingerprint density at radius 1 is 1.15 bits per heavy atom. The lowest BCUT2D eigenvalue weighted by Crippen LogP contribution is -2.33. The first-order chi connectivity index (χ1) is 19.7. The predicted octanol–water partition coefficient (Wildman–Crippen LogP) is 6.69. The number of allylic oxidation sites excluding steroid dienone is 6. The molecule has 1 aliphatic carbocycles. The lowest BCUT2D eigenvalue weighted by Gasteiger charge is -2.34. The molecular formula is C33H36N6O. The van der Waals surface area contributed by atoms with Gasteiger partial charge in [0, 0.05) is 66.2 Å². The highest BCUT2D eigenvalue weighted by molar-refractivity contribution is 6.03. The Kier molecular flexibility index (Phi) is 7.71. The van der Waals surface area contributed by atoms with Gasteiger partial charge in [-0.15, -0.1) is 0 Å². The van der Waals surface area contributed by atoms with Gasteiger partial charge in [0.05, 0.1) is 6.20 Å². The highest BCUT2D eigenvalue weighted by atomic mass is 16.1. The van der Waals surface area contributed by atoms with E-state index in [4.69, 9.17) is 4.99 Å². The summed E-state index contributed by atoms with van der Waals surface area (Å²) in [5.41, 5.74) is 7.32. The molecule has 1 amide bonds. The second kappa shape index (κ2) is 11.9. The number of rotatable bonds is 8. The summed E-state index contributed by atoms with van der Waals surface area (Å²) in [4.78, 5) is 24.1. The Hall–Kier alpha value is -4.26. The summed E-state index contributed by atoms with van der Waals surface area (Å²) in [5, 5.41) is 10.1. The number of aromatic amines is 1. The second-order valence-corrected chi connectivity index (χ2v) is 10.9. The van der Waals surface area contributed by atoms with Crippen LogP contribution in [-0.2, 0) is 0 Å². The molecule has 2 aromatic heterocycles. The van der Waals surface area contributed by atoms with Crippen molar-refractivity contribution in [2.24, 2.45) is 22.7 Å². The van der Waals surface area contributed by atoms with Gasteiger partial charge in [-0.1, -0.05) is 31.2 Å². The van der Waals surface area contributed by atoms with E-state index in [0.29, 0.717) is 23.4 Å². The molecule has 2 N–H and O–H groups in total. The topological polar surface area (TPSA) is 86.3 Å². The first-order valence-electron chi connectivity index (χ1n) is 14.4. The van der Waals surface area contributed by atoms with Crippen molar-refractivity contribution in [3.05, 3.63) is 102 Å². The third-order valence-corrected chi connectivity index (χ3v) is 8.44. The molecular weight excluding hydrogens is 496 g/mol. The standard InChI is InChI=1S/C33H36N6O/c1-2-24-20-35-31(30-18-25(10-11-29(24)30)26-21-36-37-22-26)12-9-23-13-16-39(17-14-23)28-7-5-6-27(19-28)38-33(40)32-8-3-4-15-34-32/h3-8,10-11,15,18-24,29H,2,9,12-14,16-17H2,1H3,(H,36,37)(H,38,40). The zero-order valence-corrected chi connectivity index (χ0v) is 23.0. The average Bonchev–Trinajstić information content (AvgIpc) is 3.56. The van der Waals surface area contributed by atoms with Crippen LogP contribution in [0, 0.1) is 17.8 Å². The summed E-state index contributed by atoms with van der Waals surface area (Å²) in [5.74, 6) is 1.38. The summed E-state index contributed by atoms with van der Waals surface area (Å²) < 4.78 is 0. The number of piperidine rings is 1. The molecule has 204 valence electrons. The van der Waals surface area contributed by atoms with E-state index in [0.717, 1.165) is 62.1 Å². The molecule has 7 nitrogen and oxygen atoms in total. The zero-order valence-electron chi connectivity index (χ0n) is 23.0. The lowest BCUT2D eigenvalue weighted by molar-refractivity contribution is 0.102. The summed E-state index contributed by atoms with van der Waals surface area (Å²) in [6.45, 7) is 4.29. The number of carbonyl (C=O) groups is 1. The zero-order chi connectivity index (χ0) is 27.3. The molecule has 1 fully saturated rings. The maximum absolute atomic E-state index is 12.5. The monoisotopic (exact) mass is 532 g/mol. The van der Waals surface area contributed by atoms with E-state index in [1.165, 1.54) is 16.8 Å². The molecule has 2 atom stereocenters. The van der Waals surface area contributed by atoms with Crippen LogP contribution in [0.4, 0.5) is 11.4 Å². The van der Waals surface area contributed by atoms with Gasteiger partial charge in [0.1, 0.15) is 5.69 Å². The van der Waals surface area contributed by atoms with E-state index in [-0.39, 0.29) is 5.91 Å². The van der Waals surface area contributed by atoms with Crippen LogP contribution in [-0.4, -0.2) is 40.4 Å². The van der Waals surface area contributed by atoms with Gasteiger partial charge in [-0.05, 0) is 85.6 Å². The minimum atomic E-state index is -0.190. The van der Waals surface area contributed by atoms with Crippen LogP contribution in [0.15, 0.2) is 95.5 Å². The van der Waals surface area contributed by atoms with Crippen molar-refractivity contribution >= 4 is 29.1 Å². The number of aliphatic imine (C=N–C) groups is 1. The molecule has 2 aliphatic heterocycles. The van der Waals surface area contributed by atoms with Crippen LogP contribution in [0.25, 0.3) is 5.57 Å². The van der Waals surface area contributed by atoms with Crippen molar-refractivity contribution in [2.75, 3.05) is 23.3 Å². The molecule has 0 saturated carbocycles. The van der Waals surface area contributed by atoms with Gasteiger partial charge in [-0.2, -0.15) is 5.10 Å². The number of carbonyl (C=O) groups excluding carboxylic acids is 1. The summed E-state index contributed by atoms with van der Waals surface area (Å²) >= 11 is 0. The SMILES string of the molecule is CCC1C=NC(CCC2CCN(c3cccc(NC(=O)c4ccccn4)c3)CC2)=C2C=C(c3cn[nH]c3)C=CC21. The molecule has 1 saturated heterocycles. The highest BCUT2D eigenvalue weighted by Gasteiger charge is 2.29. The average molecular weight is 533 g/mol. The fourth-order valence-corrected chi connectivity index (χ4v) is 6.07. The quantitative estimate of drug-likeness (QED) is 0.338. The summed E-state index contributed by atoms with van der Waals surface area (Å²) in [6, 6.07) is 13.5. The number of hydrogen-bond donors (Lipinski definition) is 2. The van der Waals surface area contributed by atoms with E-state index in [9.17, 15) is 4.79 Å². The van der Waals surface area contributed by atoms with Crippen molar-refractivity contribution in [3.8, 4) is 0 Å². The Morgan fingerprint density at radius 2 is 2.05 bits per heavy atom. The van der Waals surface area contributed by atoms with E-state index < -0.39 is 0 Å². The van der Waals surface area contributed by atoms with Gasteiger partial charge < -0.3 is 10.2 Å². The van der Waals surface area contributed by atoms with Crippen LogP contribution in [0.1, 0.15) is 55.1 Å². The number of nitrogens with zero attached hydrogens (tertiary/aromatic N) is 4. The van der Waals surface area contributed by atoms with Crippen LogP contribution in [0.3, 0.4) is 0 Å². The van der Waals surface area contributed by atoms with E-state index in [1.807, 2.05) is 36.7 Å². The molecule has 7 heteroatoms. The molecule has 3 aromatic rings. The lowest BCUT2D eigenvalue weighted by atomic mass is 9.77. The number of aromatic nitrogens is 3. The van der Waals surface area contributed by atoms with E-state index in [1.54, 1.807) is 12.3 Å². The minimum Gasteiger partial charge on any atom is -0.371 e. The fourth-order valence-electron chi connectivity index (χ4n) is 6.07. The Morgan fingerprint density at radius 3 is 2.83 bits per heavy atom. The van der Waals surface area contributed by atoms with Gasteiger partial charge in [0.15, 0.2) is 0 Å². The van der Waals surface area contributed by atoms with Crippen molar-refractivity contribution in [1.82, 2.24) is 15.2 Å². The van der Waals surface area contributed by atoms with Crippen LogP contribution in [0.2, 0.25) is 0 Å². The number of nitrogens with one attached hydrogen (secondary N) is 2. The predicted molar refractivity (Wildman–Crippen MR) is 161 cm³/mol. The first-order valence-corrected chi connectivity index (χ1v) is 14.4. The Bertz CT molecular complexity index is 1450. The van der Waals surface area contributed by atoms with Gasteiger partial charge in [-0.25, -0.2) is 0 Å². The number of hydrogen-bond acceptors (Lipinski definition) is 5. The third kappa shape index (κ3) is 5.69. The molecule has 40 heavy (non-hydrogen) atoms. The van der Waals surface area contributed by atoms with Gasteiger partial charge >= 0.3 is 0 Å². The normalized spacial score (nSPS) is 20.8. The molecule has 3 aliphatic rings. The van der Waals surface area contributed by atoms with E-state index >= 15 is 0 Å². The Labute approximate surface area is 235 Å². The van der Waals surface area contributed by atoms with Crippen molar-refractivity contribution in [3.63, 3.8) is 0 Å². The number of pyridine rings is 1. The number of benzene rings is 1. The maximum Gasteiger partial charge on any atom is 0.274 e. The van der Waals surface area contributed by atoms with Crippen LogP contribution < -0.4 is 10.2 Å². The molecule has 0 bridgehead atoms. The summed E-state index contributed by atoms with van der Waals surface area (Å²) in [7, 11) is 0. The number of anilines is 2. The van der Waals surface area contributed by atoms with Crippen molar-refractivity contribution in [1.29, 1.82) is 0 Å². The number of fused-ring (bicyclic) bond motifs is 1. The third-order valence-electron chi connectivity index (χ3n) is 8.44.